The number of thiophene rings is 1. The molecule has 140 valence electrons. The Morgan fingerprint density at radius 2 is 2.11 bits per heavy atom. The Hall–Kier alpha value is -2.02. The molecular formula is C21H23N3OS2. The van der Waals surface area contributed by atoms with Crippen LogP contribution in [0.2, 0.25) is 0 Å². The molecule has 1 aliphatic heterocycles. The van der Waals surface area contributed by atoms with Crippen LogP contribution in [0.5, 0.6) is 0 Å². The molecule has 0 saturated heterocycles. The lowest BCUT2D eigenvalue weighted by molar-refractivity contribution is -0.119. The summed E-state index contributed by atoms with van der Waals surface area (Å²) in [5.41, 5.74) is 5.75. The van der Waals surface area contributed by atoms with E-state index in [1.807, 2.05) is 18.9 Å². The molecule has 3 heterocycles. The molecule has 0 radical (unpaired) electrons. The van der Waals surface area contributed by atoms with Gasteiger partial charge in [0.25, 0.3) is 0 Å². The number of hydrogen-bond acceptors (Lipinski definition) is 5. The van der Waals surface area contributed by atoms with Gasteiger partial charge in [-0.1, -0.05) is 6.07 Å². The second-order valence-electron chi connectivity index (χ2n) is 7.09. The molecule has 0 aliphatic carbocycles. The van der Waals surface area contributed by atoms with Crippen molar-refractivity contribution >= 4 is 34.3 Å². The molecule has 27 heavy (non-hydrogen) atoms. The Morgan fingerprint density at radius 3 is 2.81 bits per heavy atom. The highest BCUT2D eigenvalue weighted by Gasteiger charge is 2.26. The Labute approximate surface area is 168 Å². The van der Waals surface area contributed by atoms with E-state index in [-0.39, 0.29) is 5.91 Å². The lowest BCUT2D eigenvalue weighted by Gasteiger charge is -2.22. The third-order valence-electron chi connectivity index (χ3n) is 4.98. The average Bonchev–Trinajstić information content (AvgIpc) is 3.35. The predicted octanol–water partition coefficient (Wildman–Crippen LogP) is 4.51. The van der Waals surface area contributed by atoms with Gasteiger partial charge in [-0.15, -0.1) is 22.7 Å². The number of anilines is 1. The summed E-state index contributed by atoms with van der Waals surface area (Å²) >= 11 is 3.42. The molecule has 1 aliphatic rings. The number of nitrogens with zero attached hydrogens (tertiary/aromatic N) is 3. The van der Waals surface area contributed by atoms with Crippen molar-refractivity contribution in [3.8, 4) is 11.3 Å². The number of aryl methyl sites for hydroxylation is 2. The molecule has 1 aromatic carbocycles. The van der Waals surface area contributed by atoms with Gasteiger partial charge >= 0.3 is 0 Å². The van der Waals surface area contributed by atoms with Crippen LogP contribution in [0.3, 0.4) is 0 Å². The van der Waals surface area contributed by atoms with Crippen molar-refractivity contribution < 1.29 is 4.79 Å². The molecule has 0 unspecified atom stereocenters. The Kier molecular flexibility index (Phi) is 5.12. The number of thiazole rings is 1. The molecular weight excluding hydrogens is 374 g/mol. The van der Waals surface area contributed by atoms with Crippen LogP contribution in [0.25, 0.3) is 11.3 Å². The molecule has 1 amide bonds. The van der Waals surface area contributed by atoms with Gasteiger partial charge in [0.05, 0.1) is 17.2 Å². The fourth-order valence-corrected chi connectivity index (χ4v) is 5.11. The molecule has 2 aromatic heterocycles. The van der Waals surface area contributed by atoms with E-state index in [0.717, 1.165) is 41.5 Å². The van der Waals surface area contributed by atoms with Crippen molar-refractivity contribution in [1.29, 1.82) is 0 Å². The molecule has 0 saturated carbocycles. The minimum Gasteiger partial charge on any atom is -0.311 e. The topological polar surface area (TPSA) is 36.4 Å². The van der Waals surface area contributed by atoms with Gasteiger partial charge in [-0.3, -0.25) is 9.69 Å². The van der Waals surface area contributed by atoms with Crippen LogP contribution >= 0.6 is 22.7 Å². The van der Waals surface area contributed by atoms with E-state index in [1.165, 1.54) is 16.0 Å². The molecule has 0 N–H and O–H groups in total. The molecule has 0 spiro atoms. The van der Waals surface area contributed by atoms with Gasteiger partial charge in [0.15, 0.2) is 0 Å². The zero-order chi connectivity index (χ0) is 19.0. The maximum absolute atomic E-state index is 12.9. The van der Waals surface area contributed by atoms with Crippen molar-refractivity contribution in [1.82, 2.24) is 9.88 Å². The minimum atomic E-state index is 0.169. The molecule has 0 bridgehead atoms. The first-order chi connectivity index (χ1) is 13.0. The third-order valence-corrected chi connectivity index (χ3v) is 6.76. The fraction of sp³-hybridized carbons (Fsp3) is 0.333. The number of amides is 1. The molecule has 4 nitrogen and oxygen atoms in total. The highest BCUT2D eigenvalue weighted by atomic mass is 32.1. The summed E-state index contributed by atoms with van der Waals surface area (Å²) in [5.74, 6) is 0.169. The summed E-state index contributed by atoms with van der Waals surface area (Å²) in [6.45, 7) is 6.16. The Balaban J connectivity index is 1.45. The van der Waals surface area contributed by atoms with Gasteiger partial charge in [-0.05, 0) is 62.0 Å². The van der Waals surface area contributed by atoms with Gasteiger partial charge in [0.1, 0.15) is 0 Å². The molecule has 3 aromatic rings. The van der Waals surface area contributed by atoms with Crippen molar-refractivity contribution in [2.45, 2.75) is 26.8 Å². The second-order valence-corrected chi connectivity index (χ2v) is 9.15. The number of fused-ring (bicyclic) bond motifs is 1. The van der Waals surface area contributed by atoms with E-state index in [1.54, 1.807) is 22.7 Å². The summed E-state index contributed by atoms with van der Waals surface area (Å²) in [4.78, 5) is 22.8. The monoisotopic (exact) mass is 397 g/mol. The quantitative estimate of drug-likeness (QED) is 0.636. The van der Waals surface area contributed by atoms with Crippen LogP contribution in [0.4, 0.5) is 5.69 Å². The average molecular weight is 398 g/mol. The normalized spacial score (nSPS) is 13.4. The van der Waals surface area contributed by atoms with Crippen LogP contribution < -0.4 is 4.90 Å². The van der Waals surface area contributed by atoms with Crippen molar-refractivity contribution in [3.63, 3.8) is 0 Å². The van der Waals surface area contributed by atoms with Gasteiger partial charge in [0.2, 0.25) is 5.91 Å². The van der Waals surface area contributed by atoms with Crippen LogP contribution in [0, 0.1) is 13.8 Å². The van der Waals surface area contributed by atoms with E-state index >= 15 is 0 Å². The first kappa shape index (κ1) is 18.3. The first-order valence-electron chi connectivity index (χ1n) is 9.08. The standard InChI is InChI=1S/C21H23N3OS2/c1-14-7-9-26-20(14)11-23(3)12-21(25)24-8-6-17-10-16(4-5-19(17)24)18-13-27-15(2)22-18/h4-5,7,9-10,13H,6,8,11-12H2,1-3H3. The molecule has 6 heteroatoms. The largest absolute Gasteiger partial charge is 0.311 e. The summed E-state index contributed by atoms with van der Waals surface area (Å²) in [6.07, 6.45) is 0.909. The molecule has 4 rings (SSSR count). The van der Waals surface area contributed by atoms with Gasteiger partial charge in [-0.25, -0.2) is 4.98 Å². The number of aromatic nitrogens is 1. The Morgan fingerprint density at radius 1 is 1.26 bits per heavy atom. The van der Waals surface area contributed by atoms with Crippen molar-refractivity contribution in [2.75, 3.05) is 25.0 Å². The summed E-state index contributed by atoms with van der Waals surface area (Å²) in [5, 5.41) is 5.28. The van der Waals surface area contributed by atoms with Crippen LogP contribution in [-0.4, -0.2) is 35.9 Å². The maximum Gasteiger partial charge on any atom is 0.241 e. The zero-order valence-corrected chi connectivity index (χ0v) is 17.5. The maximum atomic E-state index is 12.9. The number of benzene rings is 1. The van der Waals surface area contributed by atoms with Gasteiger partial charge in [0, 0.05) is 34.6 Å². The van der Waals surface area contributed by atoms with Crippen LogP contribution in [-0.2, 0) is 17.8 Å². The third kappa shape index (κ3) is 3.83. The van der Waals surface area contributed by atoms with Gasteiger partial charge in [-0.2, -0.15) is 0 Å². The smallest absolute Gasteiger partial charge is 0.241 e. The van der Waals surface area contributed by atoms with E-state index in [9.17, 15) is 4.79 Å². The minimum absolute atomic E-state index is 0.169. The number of carbonyl (C=O) groups is 1. The van der Waals surface area contributed by atoms with Crippen LogP contribution in [0.1, 0.15) is 21.0 Å². The highest BCUT2D eigenvalue weighted by molar-refractivity contribution is 7.10. The molecule has 0 fully saturated rings. The summed E-state index contributed by atoms with van der Waals surface area (Å²) < 4.78 is 0. The first-order valence-corrected chi connectivity index (χ1v) is 10.8. The molecule has 0 atom stereocenters. The van der Waals surface area contributed by atoms with E-state index in [0.29, 0.717) is 6.54 Å². The van der Waals surface area contributed by atoms with Crippen molar-refractivity contribution in [3.05, 3.63) is 56.0 Å². The highest BCUT2D eigenvalue weighted by Crippen LogP contribution is 2.33. The number of likely N-dealkylation sites (N-methyl/N-ethyl adjacent to an activating group) is 1. The predicted molar refractivity (Wildman–Crippen MR) is 114 cm³/mol. The van der Waals surface area contributed by atoms with Crippen LogP contribution in [0.15, 0.2) is 35.0 Å². The number of carbonyl (C=O) groups excluding carboxylic acids is 1. The van der Waals surface area contributed by atoms with Crippen molar-refractivity contribution in [2.24, 2.45) is 0 Å². The van der Waals surface area contributed by atoms with E-state index < -0.39 is 0 Å². The summed E-state index contributed by atoms with van der Waals surface area (Å²) in [7, 11) is 2.02. The second kappa shape index (κ2) is 7.54. The van der Waals surface area contributed by atoms with Gasteiger partial charge < -0.3 is 4.90 Å². The zero-order valence-electron chi connectivity index (χ0n) is 15.9. The lowest BCUT2D eigenvalue weighted by Crippen LogP contribution is -2.37. The Bertz CT molecular complexity index is 975. The summed E-state index contributed by atoms with van der Waals surface area (Å²) in [6, 6.07) is 8.48. The van der Waals surface area contributed by atoms with E-state index in [2.05, 4.69) is 51.8 Å². The lowest BCUT2D eigenvalue weighted by atomic mass is 10.1. The number of rotatable bonds is 5. The van der Waals surface area contributed by atoms with E-state index in [4.69, 9.17) is 0 Å². The fourth-order valence-electron chi connectivity index (χ4n) is 3.50. The number of hydrogen-bond donors (Lipinski definition) is 0. The SMILES string of the molecule is Cc1nc(-c2ccc3c(c2)CCN3C(=O)CN(C)Cc2sccc2C)cs1.